The van der Waals surface area contributed by atoms with E-state index in [2.05, 4.69) is 15.5 Å². The van der Waals surface area contributed by atoms with Gasteiger partial charge in [-0.15, -0.1) is 0 Å². The molecule has 0 unspecified atom stereocenters. The van der Waals surface area contributed by atoms with Crippen LogP contribution in [0.3, 0.4) is 0 Å². The SMILES string of the molecule is O=C(NC1CCCCCCC1)c1cc(-c2ccc(F)cc2)n[nH]1. The molecule has 1 aromatic heterocycles. The highest BCUT2D eigenvalue weighted by Crippen LogP contribution is 2.19. The minimum atomic E-state index is -0.286. The van der Waals surface area contributed by atoms with E-state index in [4.69, 9.17) is 0 Å². The van der Waals surface area contributed by atoms with E-state index < -0.39 is 0 Å². The van der Waals surface area contributed by atoms with Gasteiger partial charge in [0, 0.05) is 11.6 Å². The van der Waals surface area contributed by atoms with Crippen LogP contribution in [0, 0.1) is 5.82 Å². The number of rotatable bonds is 3. The quantitative estimate of drug-likeness (QED) is 0.897. The van der Waals surface area contributed by atoms with Crippen LogP contribution in [0.5, 0.6) is 0 Å². The number of hydrogen-bond acceptors (Lipinski definition) is 2. The molecule has 1 aliphatic carbocycles. The molecule has 0 bridgehead atoms. The Morgan fingerprint density at radius 2 is 1.74 bits per heavy atom. The smallest absolute Gasteiger partial charge is 0.269 e. The molecular formula is C18H22FN3O. The first kappa shape index (κ1) is 15.7. The van der Waals surface area contributed by atoms with Crippen LogP contribution in [0.25, 0.3) is 11.3 Å². The first-order chi connectivity index (χ1) is 11.2. The summed E-state index contributed by atoms with van der Waals surface area (Å²) in [7, 11) is 0. The van der Waals surface area contributed by atoms with Gasteiger partial charge in [-0.25, -0.2) is 4.39 Å². The zero-order valence-corrected chi connectivity index (χ0v) is 13.1. The number of halogens is 1. The summed E-state index contributed by atoms with van der Waals surface area (Å²) in [6.07, 6.45) is 8.26. The van der Waals surface area contributed by atoms with Crippen LogP contribution in [0.15, 0.2) is 30.3 Å². The maximum absolute atomic E-state index is 13.0. The Morgan fingerprint density at radius 3 is 2.43 bits per heavy atom. The fraction of sp³-hybridized carbons (Fsp3) is 0.444. The summed E-state index contributed by atoms with van der Waals surface area (Å²) in [6, 6.07) is 8.05. The molecule has 1 aliphatic rings. The lowest BCUT2D eigenvalue weighted by Gasteiger charge is -2.20. The molecule has 4 nitrogen and oxygen atoms in total. The van der Waals surface area contributed by atoms with E-state index in [1.807, 2.05) is 0 Å². The second-order valence-electron chi connectivity index (χ2n) is 6.19. The van der Waals surface area contributed by atoms with Crippen molar-refractivity contribution in [3.63, 3.8) is 0 Å². The molecule has 1 fully saturated rings. The molecule has 0 radical (unpaired) electrons. The third-order valence-electron chi connectivity index (χ3n) is 4.40. The molecule has 0 saturated heterocycles. The Hall–Kier alpha value is -2.17. The van der Waals surface area contributed by atoms with Crippen molar-refractivity contribution in [1.29, 1.82) is 0 Å². The summed E-state index contributed by atoms with van der Waals surface area (Å²) in [5.74, 6) is -0.400. The van der Waals surface area contributed by atoms with Crippen LogP contribution in [0.4, 0.5) is 4.39 Å². The molecule has 5 heteroatoms. The van der Waals surface area contributed by atoms with Crippen molar-refractivity contribution in [2.24, 2.45) is 0 Å². The molecule has 1 saturated carbocycles. The van der Waals surface area contributed by atoms with Gasteiger partial charge in [-0.1, -0.05) is 32.1 Å². The maximum atomic E-state index is 13.0. The summed E-state index contributed by atoms with van der Waals surface area (Å²) in [4.78, 5) is 12.4. The van der Waals surface area contributed by atoms with E-state index in [-0.39, 0.29) is 17.8 Å². The fourth-order valence-electron chi connectivity index (χ4n) is 3.07. The molecule has 1 aromatic carbocycles. The van der Waals surface area contributed by atoms with Crippen molar-refractivity contribution in [3.8, 4) is 11.3 Å². The predicted molar refractivity (Wildman–Crippen MR) is 87.6 cm³/mol. The predicted octanol–water partition coefficient (Wildman–Crippen LogP) is 4.06. The molecule has 122 valence electrons. The molecule has 2 aromatic rings. The number of aromatic nitrogens is 2. The Morgan fingerprint density at radius 1 is 1.09 bits per heavy atom. The van der Waals surface area contributed by atoms with E-state index in [0.717, 1.165) is 18.4 Å². The highest BCUT2D eigenvalue weighted by molar-refractivity contribution is 5.93. The van der Waals surface area contributed by atoms with Gasteiger partial charge in [-0.05, 0) is 43.2 Å². The van der Waals surface area contributed by atoms with Crippen molar-refractivity contribution in [1.82, 2.24) is 15.5 Å². The van der Waals surface area contributed by atoms with E-state index in [9.17, 15) is 9.18 Å². The summed E-state index contributed by atoms with van der Waals surface area (Å²) >= 11 is 0. The number of aromatic amines is 1. The van der Waals surface area contributed by atoms with Crippen molar-refractivity contribution >= 4 is 5.91 Å². The number of carbonyl (C=O) groups is 1. The zero-order chi connectivity index (χ0) is 16.1. The normalized spacial score (nSPS) is 16.6. The van der Waals surface area contributed by atoms with E-state index in [0.29, 0.717) is 11.4 Å². The number of amides is 1. The van der Waals surface area contributed by atoms with Gasteiger partial charge in [-0.2, -0.15) is 5.10 Å². The average molecular weight is 315 g/mol. The van der Waals surface area contributed by atoms with E-state index >= 15 is 0 Å². The molecular weight excluding hydrogens is 293 g/mol. The molecule has 23 heavy (non-hydrogen) atoms. The number of carbonyl (C=O) groups excluding carboxylic acids is 1. The van der Waals surface area contributed by atoms with Gasteiger partial charge >= 0.3 is 0 Å². The van der Waals surface area contributed by atoms with Crippen molar-refractivity contribution < 1.29 is 9.18 Å². The second kappa shape index (κ2) is 7.40. The summed E-state index contributed by atoms with van der Waals surface area (Å²) in [6.45, 7) is 0. The fourth-order valence-corrected chi connectivity index (χ4v) is 3.07. The molecule has 3 rings (SSSR count). The number of hydrogen-bond donors (Lipinski definition) is 2. The zero-order valence-electron chi connectivity index (χ0n) is 13.1. The van der Waals surface area contributed by atoms with Crippen LogP contribution in [-0.4, -0.2) is 22.1 Å². The van der Waals surface area contributed by atoms with Crippen LogP contribution >= 0.6 is 0 Å². The summed E-state index contributed by atoms with van der Waals surface area (Å²) < 4.78 is 13.0. The second-order valence-corrected chi connectivity index (χ2v) is 6.19. The Bertz CT molecular complexity index is 643. The molecule has 1 heterocycles. The molecule has 0 spiro atoms. The third-order valence-corrected chi connectivity index (χ3v) is 4.40. The number of H-pyrrole nitrogens is 1. The first-order valence-electron chi connectivity index (χ1n) is 8.34. The molecule has 2 N–H and O–H groups in total. The summed E-state index contributed by atoms with van der Waals surface area (Å²) in [5, 5.41) is 10.0. The minimum Gasteiger partial charge on any atom is -0.348 e. The lowest BCUT2D eigenvalue weighted by Crippen LogP contribution is -2.35. The van der Waals surface area contributed by atoms with Gasteiger partial charge in [0.25, 0.3) is 5.91 Å². The number of nitrogens with one attached hydrogen (secondary N) is 2. The van der Waals surface area contributed by atoms with Gasteiger partial charge in [0.15, 0.2) is 0 Å². The van der Waals surface area contributed by atoms with Crippen LogP contribution < -0.4 is 5.32 Å². The third kappa shape index (κ3) is 4.18. The molecule has 0 atom stereocenters. The van der Waals surface area contributed by atoms with E-state index in [1.54, 1.807) is 18.2 Å². The average Bonchev–Trinajstić information content (AvgIpc) is 3.00. The highest BCUT2D eigenvalue weighted by Gasteiger charge is 2.17. The van der Waals surface area contributed by atoms with Crippen molar-refractivity contribution in [2.75, 3.05) is 0 Å². The van der Waals surface area contributed by atoms with Crippen LogP contribution in [0.2, 0.25) is 0 Å². The van der Waals surface area contributed by atoms with Crippen LogP contribution in [-0.2, 0) is 0 Å². The standard InChI is InChI=1S/C18H22FN3O/c19-14-10-8-13(9-11-14)16-12-17(22-21-16)18(23)20-15-6-4-2-1-3-5-7-15/h8-12,15H,1-7H2,(H,20,23)(H,21,22). The van der Waals surface area contributed by atoms with Gasteiger partial charge in [0.1, 0.15) is 11.5 Å². The highest BCUT2D eigenvalue weighted by atomic mass is 19.1. The van der Waals surface area contributed by atoms with Gasteiger partial charge < -0.3 is 5.32 Å². The maximum Gasteiger partial charge on any atom is 0.269 e. The Labute approximate surface area is 135 Å². The van der Waals surface area contributed by atoms with Crippen molar-refractivity contribution in [3.05, 3.63) is 41.8 Å². The monoisotopic (exact) mass is 315 g/mol. The largest absolute Gasteiger partial charge is 0.348 e. The first-order valence-corrected chi connectivity index (χ1v) is 8.34. The summed E-state index contributed by atoms with van der Waals surface area (Å²) in [5.41, 5.74) is 1.88. The number of nitrogens with zero attached hydrogens (tertiary/aromatic N) is 1. The van der Waals surface area contributed by atoms with Crippen LogP contribution in [0.1, 0.15) is 55.4 Å². The molecule has 0 aliphatic heterocycles. The Kier molecular flexibility index (Phi) is 5.05. The van der Waals surface area contributed by atoms with Gasteiger partial charge in [-0.3, -0.25) is 9.89 Å². The van der Waals surface area contributed by atoms with E-state index in [1.165, 1.54) is 44.2 Å². The minimum absolute atomic E-state index is 0.114. The lowest BCUT2D eigenvalue weighted by molar-refractivity contribution is 0.0925. The van der Waals surface area contributed by atoms with Gasteiger partial charge in [0.2, 0.25) is 0 Å². The number of benzene rings is 1. The topological polar surface area (TPSA) is 57.8 Å². The Balaban J connectivity index is 1.64. The van der Waals surface area contributed by atoms with Crippen molar-refractivity contribution in [2.45, 2.75) is 51.0 Å². The molecule has 1 amide bonds. The lowest BCUT2D eigenvalue weighted by atomic mass is 9.96. The van der Waals surface area contributed by atoms with Gasteiger partial charge in [0.05, 0.1) is 5.69 Å².